The molecule has 3 aromatic heterocycles. The maximum atomic E-state index is 13.3. The van der Waals surface area contributed by atoms with E-state index < -0.39 is 17.4 Å². The predicted molar refractivity (Wildman–Crippen MR) is 120 cm³/mol. The Morgan fingerprint density at radius 2 is 1.76 bits per heavy atom. The number of nitrogens with two attached hydrogens (primary N) is 1. The summed E-state index contributed by atoms with van der Waals surface area (Å²) in [4.78, 5) is 21.9. The molecule has 0 saturated carbocycles. The van der Waals surface area contributed by atoms with Crippen molar-refractivity contribution in [3.05, 3.63) is 88.7 Å². The molecule has 0 radical (unpaired) electrons. The summed E-state index contributed by atoms with van der Waals surface area (Å²) in [6.45, 7) is 0.329. The van der Waals surface area contributed by atoms with Gasteiger partial charge in [-0.15, -0.1) is 0 Å². The van der Waals surface area contributed by atoms with Crippen molar-refractivity contribution in [2.75, 3.05) is 0 Å². The van der Waals surface area contributed by atoms with Gasteiger partial charge in [-0.05, 0) is 42.0 Å². The number of rotatable bonds is 3. The highest BCUT2D eigenvalue weighted by atomic mass is 19.4. The summed E-state index contributed by atoms with van der Waals surface area (Å²) in [5.41, 5.74) is 8.52. The Balaban J connectivity index is 1.81. The maximum Gasteiger partial charge on any atom is 0.416 e. The fourth-order valence-electron chi connectivity index (χ4n) is 3.95. The number of pyridine rings is 2. The minimum Gasteiger partial charge on any atom is -0.325 e. The van der Waals surface area contributed by atoms with E-state index in [4.69, 9.17) is 5.73 Å². The van der Waals surface area contributed by atoms with Crippen LogP contribution in [0, 0.1) is 0 Å². The summed E-state index contributed by atoms with van der Waals surface area (Å²) in [6.07, 6.45) is -1.26. The molecule has 0 atom stereocenters. The largest absolute Gasteiger partial charge is 0.416 e. The van der Waals surface area contributed by atoms with Crippen LogP contribution in [-0.2, 0) is 19.8 Å². The molecule has 6 nitrogen and oxygen atoms in total. The molecule has 5 rings (SSSR count). The topological polar surface area (TPSA) is 78.7 Å². The van der Waals surface area contributed by atoms with Crippen LogP contribution in [0.3, 0.4) is 0 Å². The number of fused-ring (bicyclic) bond motifs is 3. The van der Waals surface area contributed by atoms with E-state index in [2.05, 4.69) is 9.97 Å². The molecule has 9 heteroatoms. The smallest absolute Gasteiger partial charge is 0.325 e. The van der Waals surface area contributed by atoms with Gasteiger partial charge >= 0.3 is 11.9 Å². The summed E-state index contributed by atoms with van der Waals surface area (Å²) in [5, 5.41) is 0.642. The van der Waals surface area contributed by atoms with Crippen LogP contribution in [0.25, 0.3) is 38.8 Å². The number of nitrogens with zero attached hydrogens (tertiary/aromatic N) is 4. The highest BCUT2D eigenvalue weighted by Crippen LogP contribution is 2.33. The lowest BCUT2D eigenvalue weighted by Gasteiger charge is -2.11. The Morgan fingerprint density at radius 3 is 2.45 bits per heavy atom. The second kappa shape index (κ2) is 7.56. The molecule has 0 aliphatic heterocycles. The highest BCUT2D eigenvalue weighted by Gasteiger charge is 2.31. The van der Waals surface area contributed by atoms with Crippen LogP contribution >= 0.6 is 0 Å². The average molecular weight is 449 g/mol. The fraction of sp³-hybridized carbons (Fsp3) is 0.125. The number of benzene rings is 2. The van der Waals surface area contributed by atoms with E-state index >= 15 is 0 Å². The molecule has 0 aliphatic carbocycles. The van der Waals surface area contributed by atoms with Crippen molar-refractivity contribution in [1.29, 1.82) is 0 Å². The van der Waals surface area contributed by atoms with Gasteiger partial charge < -0.3 is 5.73 Å². The molecule has 33 heavy (non-hydrogen) atoms. The molecular formula is C24H18F3N5O. The lowest BCUT2D eigenvalue weighted by atomic mass is 10.0. The standard InChI is InChI=1S/C24H18F3N5O/c1-31-21-13-30-20-8-6-14(15-5-7-17(11-28)29-12-15)9-19(20)22(21)32(23(31)33)18-4-2-3-16(10-18)24(25,26)27/h2-10,12-13H,11,28H2,1H3. The molecule has 166 valence electrons. The summed E-state index contributed by atoms with van der Waals surface area (Å²) >= 11 is 0. The minimum absolute atomic E-state index is 0.132. The molecule has 2 aromatic carbocycles. The molecule has 0 aliphatic rings. The van der Waals surface area contributed by atoms with E-state index in [1.54, 1.807) is 19.4 Å². The second-order valence-corrected chi connectivity index (χ2v) is 7.69. The van der Waals surface area contributed by atoms with Gasteiger partial charge in [-0.3, -0.25) is 19.1 Å². The zero-order valence-corrected chi connectivity index (χ0v) is 17.5. The van der Waals surface area contributed by atoms with Crippen molar-refractivity contribution in [1.82, 2.24) is 19.1 Å². The van der Waals surface area contributed by atoms with E-state index in [0.29, 0.717) is 28.5 Å². The van der Waals surface area contributed by atoms with Crippen LogP contribution in [0.1, 0.15) is 11.3 Å². The van der Waals surface area contributed by atoms with Crippen molar-refractivity contribution < 1.29 is 13.2 Å². The Hall–Kier alpha value is -3.98. The Kier molecular flexibility index (Phi) is 4.79. The monoisotopic (exact) mass is 449 g/mol. The molecule has 0 saturated heterocycles. The quantitative estimate of drug-likeness (QED) is 0.442. The van der Waals surface area contributed by atoms with Gasteiger partial charge in [0.2, 0.25) is 0 Å². The molecule has 3 heterocycles. The normalized spacial score (nSPS) is 12.0. The highest BCUT2D eigenvalue weighted by molar-refractivity contribution is 6.04. The van der Waals surface area contributed by atoms with Gasteiger partial charge in [0.25, 0.3) is 0 Å². The number of hydrogen-bond acceptors (Lipinski definition) is 4. The van der Waals surface area contributed by atoms with Crippen LogP contribution in [-0.4, -0.2) is 19.1 Å². The van der Waals surface area contributed by atoms with Crippen molar-refractivity contribution in [2.24, 2.45) is 12.8 Å². The Morgan fingerprint density at radius 1 is 0.970 bits per heavy atom. The number of aromatic nitrogens is 4. The first-order valence-corrected chi connectivity index (χ1v) is 10.1. The first-order chi connectivity index (χ1) is 15.8. The van der Waals surface area contributed by atoms with Crippen molar-refractivity contribution in [3.8, 4) is 16.8 Å². The van der Waals surface area contributed by atoms with E-state index in [9.17, 15) is 18.0 Å². The van der Waals surface area contributed by atoms with Gasteiger partial charge in [-0.2, -0.15) is 13.2 Å². The zero-order chi connectivity index (χ0) is 23.3. The molecule has 2 N–H and O–H groups in total. The second-order valence-electron chi connectivity index (χ2n) is 7.69. The van der Waals surface area contributed by atoms with Gasteiger partial charge in [0.05, 0.1) is 39.7 Å². The molecule has 0 amide bonds. The lowest BCUT2D eigenvalue weighted by Crippen LogP contribution is -2.21. The van der Waals surface area contributed by atoms with Gasteiger partial charge in [0.15, 0.2) is 0 Å². The minimum atomic E-state index is -4.52. The third-order valence-electron chi connectivity index (χ3n) is 5.68. The molecule has 0 spiro atoms. The van der Waals surface area contributed by atoms with Crippen LogP contribution in [0.15, 0.2) is 71.8 Å². The van der Waals surface area contributed by atoms with Crippen molar-refractivity contribution in [2.45, 2.75) is 12.7 Å². The number of alkyl halides is 3. The predicted octanol–water partition coefficient (Wildman–Crippen LogP) is 4.42. The van der Waals surface area contributed by atoms with Crippen LogP contribution in [0.4, 0.5) is 13.2 Å². The van der Waals surface area contributed by atoms with E-state index in [0.717, 1.165) is 29.0 Å². The third-order valence-corrected chi connectivity index (χ3v) is 5.68. The summed E-state index contributed by atoms with van der Waals surface area (Å²) < 4.78 is 42.7. The molecular weight excluding hydrogens is 431 g/mol. The lowest BCUT2D eigenvalue weighted by molar-refractivity contribution is -0.137. The summed E-state index contributed by atoms with van der Waals surface area (Å²) in [7, 11) is 1.57. The van der Waals surface area contributed by atoms with Gasteiger partial charge in [-0.25, -0.2) is 4.79 Å². The van der Waals surface area contributed by atoms with Gasteiger partial charge in [0.1, 0.15) is 0 Å². The van der Waals surface area contributed by atoms with Crippen molar-refractivity contribution in [3.63, 3.8) is 0 Å². The number of aryl methyl sites for hydroxylation is 1. The number of halogens is 3. The first kappa shape index (κ1) is 20.9. The van der Waals surface area contributed by atoms with Gasteiger partial charge in [0, 0.05) is 30.7 Å². The number of hydrogen-bond donors (Lipinski definition) is 1. The molecule has 0 fully saturated rings. The van der Waals surface area contributed by atoms with E-state index in [1.807, 2.05) is 30.3 Å². The van der Waals surface area contributed by atoms with Crippen LogP contribution < -0.4 is 11.4 Å². The van der Waals surface area contributed by atoms with E-state index in [-0.39, 0.29) is 5.69 Å². The van der Waals surface area contributed by atoms with Crippen LogP contribution in [0.2, 0.25) is 0 Å². The summed E-state index contributed by atoms with van der Waals surface area (Å²) in [6, 6.07) is 14.0. The molecule has 5 aromatic rings. The maximum absolute atomic E-state index is 13.3. The molecule has 0 unspecified atom stereocenters. The van der Waals surface area contributed by atoms with Crippen LogP contribution in [0.5, 0.6) is 0 Å². The Labute approximate surface area is 185 Å². The van der Waals surface area contributed by atoms with E-state index in [1.165, 1.54) is 21.3 Å². The first-order valence-electron chi connectivity index (χ1n) is 10.1. The van der Waals surface area contributed by atoms with Crippen molar-refractivity contribution >= 4 is 21.9 Å². The SMILES string of the molecule is Cn1c(=O)n(-c2cccc(C(F)(F)F)c2)c2c3cc(-c4ccc(CN)nc4)ccc3ncc21. The zero-order valence-electron chi connectivity index (χ0n) is 17.5. The average Bonchev–Trinajstić information content (AvgIpc) is 3.08. The molecule has 0 bridgehead atoms. The van der Waals surface area contributed by atoms with Gasteiger partial charge in [-0.1, -0.05) is 18.2 Å². The number of imidazole rings is 1. The fourth-order valence-corrected chi connectivity index (χ4v) is 3.95. The Bertz CT molecular complexity index is 1570. The summed E-state index contributed by atoms with van der Waals surface area (Å²) in [5.74, 6) is 0. The third kappa shape index (κ3) is 3.46.